The van der Waals surface area contributed by atoms with Gasteiger partial charge in [-0.1, -0.05) is 6.07 Å². The Balaban J connectivity index is 1.85. The molecule has 1 aliphatic rings. The summed E-state index contributed by atoms with van der Waals surface area (Å²) in [7, 11) is 1.47. The molecule has 27 heavy (non-hydrogen) atoms. The third kappa shape index (κ3) is 4.28. The molecule has 0 radical (unpaired) electrons. The second kappa shape index (κ2) is 8.22. The van der Waals surface area contributed by atoms with E-state index in [4.69, 9.17) is 9.84 Å². The van der Waals surface area contributed by atoms with Crippen molar-refractivity contribution in [2.45, 2.75) is 31.7 Å². The number of carboxylic acids is 1. The Morgan fingerprint density at radius 3 is 2.81 bits per heavy atom. The highest BCUT2D eigenvalue weighted by molar-refractivity contribution is 7.10. The average molecular weight is 388 g/mol. The number of rotatable bonds is 7. The Labute approximate surface area is 160 Å². The lowest BCUT2D eigenvalue weighted by atomic mass is 10.0. The van der Waals surface area contributed by atoms with Crippen molar-refractivity contribution in [2.24, 2.45) is 5.10 Å². The van der Waals surface area contributed by atoms with E-state index in [1.54, 1.807) is 23.5 Å². The molecule has 0 spiro atoms. The van der Waals surface area contributed by atoms with Gasteiger partial charge in [0.1, 0.15) is 0 Å². The Morgan fingerprint density at radius 2 is 2.15 bits per heavy atom. The van der Waals surface area contributed by atoms with E-state index < -0.39 is 5.97 Å². The topological polar surface area (TPSA) is 99.4 Å². The van der Waals surface area contributed by atoms with Crippen LogP contribution in [-0.2, 0) is 9.59 Å². The van der Waals surface area contributed by atoms with E-state index in [0.29, 0.717) is 12.2 Å². The highest BCUT2D eigenvalue weighted by Gasteiger charge is 2.33. The number of carbonyl (C=O) groups excluding carboxylic acids is 1. The fraction of sp³-hybridized carbons (Fsp3) is 0.316. The molecule has 1 aromatic heterocycles. The van der Waals surface area contributed by atoms with Gasteiger partial charge < -0.3 is 14.9 Å². The molecular formula is C19H20N2O5S. The van der Waals surface area contributed by atoms with Gasteiger partial charge in [0.05, 0.1) is 18.9 Å². The van der Waals surface area contributed by atoms with E-state index in [0.717, 1.165) is 16.2 Å². The molecule has 142 valence electrons. The summed E-state index contributed by atoms with van der Waals surface area (Å²) in [6.45, 7) is 0. The number of thiophene rings is 1. The number of phenolic OH excluding ortho intramolecular Hbond substituents is 1. The Morgan fingerprint density at radius 1 is 1.33 bits per heavy atom. The van der Waals surface area contributed by atoms with E-state index in [1.165, 1.54) is 18.2 Å². The SMILES string of the molecule is COc1cc(C2=NN(C(=O)CCCC(=O)O)[C@@H](c3cccs3)C2)ccc1O. The number of phenols is 1. The van der Waals surface area contributed by atoms with Crippen molar-refractivity contribution in [2.75, 3.05) is 7.11 Å². The zero-order valence-corrected chi connectivity index (χ0v) is 15.6. The lowest BCUT2D eigenvalue weighted by Gasteiger charge is -2.20. The summed E-state index contributed by atoms with van der Waals surface area (Å²) in [5.41, 5.74) is 1.49. The summed E-state index contributed by atoms with van der Waals surface area (Å²) in [5, 5.41) is 26.5. The minimum atomic E-state index is -0.917. The van der Waals surface area contributed by atoms with Crippen molar-refractivity contribution < 1.29 is 24.5 Å². The molecule has 0 aliphatic carbocycles. The quantitative estimate of drug-likeness (QED) is 0.757. The monoisotopic (exact) mass is 388 g/mol. The van der Waals surface area contributed by atoms with E-state index in [1.807, 2.05) is 17.5 Å². The maximum absolute atomic E-state index is 12.7. The summed E-state index contributed by atoms with van der Waals surface area (Å²) in [5.74, 6) is -0.736. The van der Waals surface area contributed by atoms with Gasteiger partial charge in [0.15, 0.2) is 11.5 Å². The Hall–Kier alpha value is -2.87. The Bertz CT molecular complexity index is 863. The average Bonchev–Trinajstić information content (AvgIpc) is 3.31. The molecule has 0 bridgehead atoms. The number of carboxylic acid groups (broad SMARTS) is 1. The maximum atomic E-state index is 12.7. The number of methoxy groups -OCH3 is 1. The summed E-state index contributed by atoms with van der Waals surface area (Å²) in [4.78, 5) is 24.4. The van der Waals surface area contributed by atoms with Gasteiger partial charge in [-0.2, -0.15) is 5.10 Å². The Kier molecular flexibility index (Phi) is 5.75. The first-order valence-corrected chi connectivity index (χ1v) is 9.39. The number of hydrogen-bond donors (Lipinski definition) is 2. The molecule has 1 aromatic carbocycles. The fourth-order valence-electron chi connectivity index (χ4n) is 2.98. The lowest BCUT2D eigenvalue weighted by Crippen LogP contribution is -2.26. The number of aliphatic carboxylic acids is 1. The van der Waals surface area contributed by atoms with Gasteiger partial charge >= 0.3 is 5.97 Å². The predicted molar refractivity (Wildman–Crippen MR) is 101 cm³/mol. The molecule has 2 heterocycles. The van der Waals surface area contributed by atoms with Crippen molar-refractivity contribution in [3.63, 3.8) is 0 Å². The van der Waals surface area contributed by atoms with Gasteiger partial charge in [0.2, 0.25) is 5.91 Å². The molecule has 8 heteroatoms. The predicted octanol–water partition coefficient (Wildman–Crippen LogP) is 3.39. The molecule has 3 rings (SSSR count). The van der Waals surface area contributed by atoms with Gasteiger partial charge in [-0.15, -0.1) is 11.3 Å². The number of carbonyl (C=O) groups is 2. The minimum Gasteiger partial charge on any atom is -0.504 e. The normalized spacial score (nSPS) is 16.3. The third-order valence-corrected chi connectivity index (χ3v) is 5.31. The molecule has 1 amide bonds. The number of aromatic hydroxyl groups is 1. The fourth-order valence-corrected chi connectivity index (χ4v) is 3.79. The number of hydrogen-bond acceptors (Lipinski definition) is 6. The van der Waals surface area contributed by atoms with Crippen LogP contribution in [0.5, 0.6) is 11.5 Å². The second-order valence-electron chi connectivity index (χ2n) is 6.15. The zero-order valence-electron chi connectivity index (χ0n) is 14.8. The zero-order chi connectivity index (χ0) is 19.4. The molecule has 0 unspecified atom stereocenters. The number of ether oxygens (including phenoxy) is 1. The minimum absolute atomic E-state index is 0.0382. The van der Waals surface area contributed by atoms with Crippen LogP contribution < -0.4 is 4.74 Å². The molecule has 0 saturated heterocycles. The van der Waals surface area contributed by atoms with Crippen LogP contribution in [-0.4, -0.2) is 39.9 Å². The molecular weight excluding hydrogens is 368 g/mol. The van der Waals surface area contributed by atoms with Gasteiger partial charge in [0.25, 0.3) is 0 Å². The van der Waals surface area contributed by atoms with Crippen molar-refractivity contribution in [3.8, 4) is 11.5 Å². The van der Waals surface area contributed by atoms with Crippen molar-refractivity contribution in [1.82, 2.24) is 5.01 Å². The number of benzene rings is 1. The van der Waals surface area contributed by atoms with E-state index in [-0.39, 0.29) is 37.0 Å². The lowest BCUT2D eigenvalue weighted by molar-refractivity contribution is -0.137. The first kappa shape index (κ1) is 18.9. The molecule has 7 nitrogen and oxygen atoms in total. The summed E-state index contributed by atoms with van der Waals surface area (Å²) >= 11 is 1.55. The van der Waals surface area contributed by atoms with Crippen LogP contribution in [0, 0.1) is 0 Å². The molecule has 1 atom stereocenters. The molecule has 0 fully saturated rings. The maximum Gasteiger partial charge on any atom is 0.303 e. The second-order valence-corrected chi connectivity index (χ2v) is 7.13. The van der Waals surface area contributed by atoms with Crippen LogP contribution in [0.4, 0.5) is 0 Å². The van der Waals surface area contributed by atoms with Gasteiger partial charge in [-0.25, -0.2) is 5.01 Å². The van der Waals surface area contributed by atoms with Gasteiger partial charge in [-0.3, -0.25) is 9.59 Å². The number of amides is 1. The van der Waals surface area contributed by atoms with Gasteiger partial charge in [-0.05, 0) is 36.1 Å². The van der Waals surface area contributed by atoms with Crippen molar-refractivity contribution in [1.29, 1.82) is 0 Å². The van der Waals surface area contributed by atoms with E-state index >= 15 is 0 Å². The largest absolute Gasteiger partial charge is 0.504 e. The van der Waals surface area contributed by atoms with Gasteiger partial charge in [0, 0.05) is 29.7 Å². The van der Waals surface area contributed by atoms with Crippen molar-refractivity contribution >= 4 is 28.9 Å². The third-order valence-electron chi connectivity index (χ3n) is 4.33. The van der Waals surface area contributed by atoms with E-state index in [9.17, 15) is 14.7 Å². The van der Waals surface area contributed by atoms with Crippen LogP contribution in [0.25, 0.3) is 0 Å². The molecule has 2 aromatic rings. The van der Waals surface area contributed by atoms with Crippen LogP contribution in [0.3, 0.4) is 0 Å². The van der Waals surface area contributed by atoms with Crippen LogP contribution in [0.2, 0.25) is 0 Å². The first-order chi connectivity index (χ1) is 13.0. The number of hydrazone groups is 1. The van der Waals surface area contributed by atoms with Crippen LogP contribution in [0.15, 0.2) is 40.8 Å². The molecule has 1 aliphatic heterocycles. The first-order valence-electron chi connectivity index (χ1n) is 8.51. The smallest absolute Gasteiger partial charge is 0.303 e. The highest BCUT2D eigenvalue weighted by atomic mass is 32.1. The number of nitrogens with zero attached hydrogens (tertiary/aromatic N) is 2. The molecule has 0 saturated carbocycles. The molecule has 2 N–H and O–H groups in total. The van der Waals surface area contributed by atoms with E-state index in [2.05, 4.69) is 5.10 Å². The summed E-state index contributed by atoms with van der Waals surface area (Å²) in [6, 6.07) is 8.64. The summed E-state index contributed by atoms with van der Waals surface area (Å²) in [6.07, 6.45) is 0.900. The van der Waals surface area contributed by atoms with Crippen molar-refractivity contribution in [3.05, 3.63) is 46.2 Å². The highest BCUT2D eigenvalue weighted by Crippen LogP contribution is 2.37. The van der Waals surface area contributed by atoms with Crippen LogP contribution >= 0.6 is 11.3 Å². The van der Waals surface area contributed by atoms with Crippen LogP contribution in [0.1, 0.15) is 42.2 Å². The summed E-state index contributed by atoms with van der Waals surface area (Å²) < 4.78 is 5.16. The standard InChI is InChI=1S/C19H20N2O5S/c1-26-16-10-12(7-8-15(16)22)13-11-14(17-4-3-9-27-17)21(20-13)18(23)5-2-6-19(24)25/h3-4,7-10,14,22H,2,5-6,11H2,1H3,(H,24,25)/t14-/m1/s1.